The van der Waals surface area contributed by atoms with Gasteiger partial charge < -0.3 is 10.6 Å². The van der Waals surface area contributed by atoms with Crippen LogP contribution in [0.4, 0.5) is 0 Å². The van der Waals surface area contributed by atoms with Gasteiger partial charge in [0, 0.05) is 13.1 Å². The smallest absolute Gasteiger partial charge is 0.309 e. The third-order valence-corrected chi connectivity index (χ3v) is 1.68. The zero-order valence-electron chi connectivity index (χ0n) is 8.64. The molecular weight excluding hydrogens is 180 g/mol. The molecule has 0 rings (SSSR count). The Balaban J connectivity index is 3.52. The number of hydrogen-bond acceptors (Lipinski definition) is 2. The SMILES string of the molecule is C=CCNC(=O)C(=O)NCCCCC. The molecule has 4 heteroatoms. The maximum absolute atomic E-state index is 11.1. The molecule has 2 N–H and O–H groups in total. The number of hydrogen-bond donors (Lipinski definition) is 2. The van der Waals surface area contributed by atoms with Gasteiger partial charge in [0.25, 0.3) is 0 Å². The van der Waals surface area contributed by atoms with Gasteiger partial charge in [0.2, 0.25) is 0 Å². The highest BCUT2D eigenvalue weighted by molar-refractivity contribution is 6.35. The van der Waals surface area contributed by atoms with Gasteiger partial charge in [0.05, 0.1) is 0 Å². The predicted octanol–water partition coefficient (Wildman–Crippen LogP) is 0.595. The third kappa shape index (κ3) is 6.22. The van der Waals surface area contributed by atoms with Crippen LogP contribution in [0.1, 0.15) is 26.2 Å². The van der Waals surface area contributed by atoms with Gasteiger partial charge in [-0.15, -0.1) is 6.58 Å². The molecule has 0 atom stereocenters. The molecule has 0 spiro atoms. The Morgan fingerprint density at radius 1 is 1.21 bits per heavy atom. The van der Waals surface area contributed by atoms with Crippen molar-refractivity contribution in [2.24, 2.45) is 0 Å². The normalized spacial score (nSPS) is 9.21. The van der Waals surface area contributed by atoms with Crippen molar-refractivity contribution in [2.75, 3.05) is 13.1 Å². The third-order valence-electron chi connectivity index (χ3n) is 1.68. The van der Waals surface area contributed by atoms with Gasteiger partial charge in [-0.05, 0) is 6.42 Å². The summed E-state index contributed by atoms with van der Waals surface area (Å²) in [6.45, 7) is 6.40. The average Bonchev–Trinajstić information content (AvgIpc) is 2.20. The molecule has 14 heavy (non-hydrogen) atoms. The molecule has 80 valence electrons. The first kappa shape index (κ1) is 12.7. The summed E-state index contributed by atoms with van der Waals surface area (Å²) in [6, 6.07) is 0. The molecule has 0 aromatic rings. The molecule has 2 amide bonds. The highest BCUT2D eigenvalue weighted by Gasteiger charge is 2.10. The molecule has 0 radical (unpaired) electrons. The van der Waals surface area contributed by atoms with Crippen LogP contribution in [-0.4, -0.2) is 24.9 Å². The lowest BCUT2D eigenvalue weighted by atomic mass is 10.2. The summed E-state index contributed by atoms with van der Waals surface area (Å²) in [4.78, 5) is 22.0. The van der Waals surface area contributed by atoms with Crippen molar-refractivity contribution < 1.29 is 9.59 Å². The summed E-state index contributed by atoms with van der Waals surface area (Å²) in [5, 5.41) is 4.94. The standard InChI is InChI=1S/C10H18N2O2/c1-3-5-6-8-12-10(14)9(13)11-7-4-2/h4H,2-3,5-8H2,1H3,(H,11,13)(H,12,14). The van der Waals surface area contributed by atoms with Gasteiger partial charge in [0.1, 0.15) is 0 Å². The minimum atomic E-state index is -0.596. The van der Waals surface area contributed by atoms with Crippen molar-refractivity contribution >= 4 is 11.8 Å². The zero-order chi connectivity index (χ0) is 10.8. The lowest BCUT2D eigenvalue weighted by molar-refractivity contribution is -0.139. The predicted molar refractivity (Wildman–Crippen MR) is 55.7 cm³/mol. The first-order chi connectivity index (χ1) is 6.72. The van der Waals surface area contributed by atoms with E-state index in [1.165, 1.54) is 6.08 Å². The van der Waals surface area contributed by atoms with Crippen LogP contribution >= 0.6 is 0 Å². The molecule has 0 aromatic heterocycles. The van der Waals surface area contributed by atoms with Gasteiger partial charge in [0.15, 0.2) is 0 Å². The van der Waals surface area contributed by atoms with Gasteiger partial charge in [-0.3, -0.25) is 9.59 Å². The van der Waals surface area contributed by atoms with Crippen molar-refractivity contribution in [3.63, 3.8) is 0 Å². The molecular formula is C10H18N2O2. The van der Waals surface area contributed by atoms with Crippen molar-refractivity contribution in [2.45, 2.75) is 26.2 Å². The summed E-state index contributed by atoms with van der Waals surface area (Å²) < 4.78 is 0. The van der Waals surface area contributed by atoms with E-state index in [9.17, 15) is 9.59 Å². The number of carbonyl (C=O) groups is 2. The molecule has 0 bridgehead atoms. The fourth-order valence-corrected chi connectivity index (χ4v) is 0.902. The second kappa shape index (κ2) is 8.29. The second-order valence-electron chi connectivity index (χ2n) is 2.96. The van der Waals surface area contributed by atoms with Crippen LogP contribution in [0.5, 0.6) is 0 Å². The highest BCUT2D eigenvalue weighted by atomic mass is 16.2. The summed E-state index contributed by atoms with van der Waals surface area (Å²) in [6.07, 6.45) is 4.60. The average molecular weight is 198 g/mol. The van der Waals surface area contributed by atoms with Crippen LogP contribution in [0.3, 0.4) is 0 Å². The topological polar surface area (TPSA) is 58.2 Å². The molecule has 0 aromatic carbocycles. The van der Waals surface area contributed by atoms with E-state index in [0.29, 0.717) is 13.1 Å². The molecule has 0 aliphatic rings. The van der Waals surface area contributed by atoms with E-state index in [1.807, 2.05) is 0 Å². The van der Waals surface area contributed by atoms with Crippen LogP contribution < -0.4 is 10.6 Å². The molecule has 0 aliphatic carbocycles. The van der Waals surface area contributed by atoms with Gasteiger partial charge in [-0.25, -0.2) is 0 Å². The fraction of sp³-hybridized carbons (Fsp3) is 0.600. The van der Waals surface area contributed by atoms with E-state index < -0.39 is 11.8 Å². The van der Waals surface area contributed by atoms with E-state index >= 15 is 0 Å². The molecule has 0 aliphatic heterocycles. The van der Waals surface area contributed by atoms with E-state index in [2.05, 4.69) is 24.1 Å². The maximum atomic E-state index is 11.1. The number of unbranched alkanes of at least 4 members (excludes halogenated alkanes) is 2. The highest BCUT2D eigenvalue weighted by Crippen LogP contribution is 1.90. The van der Waals surface area contributed by atoms with Crippen LogP contribution in [0.2, 0.25) is 0 Å². The largest absolute Gasteiger partial charge is 0.348 e. The van der Waals surface area contributed by atoms with Crippen molar-refractivity contribution in [1.82, 2.24) is 10.6 Å². The van der Waals surface area contributed by atoms with Crippen molar-refractivity contribution in [1.29, 1.82) is 0 Å². The summed E-state index contributed by atoms with van der Waals surface area (Å²) in [5.41, 5.74) is 0. The van der Waals surface area contributed by atoms with E-state index in [0.717, 1.165) is 19.3 Å². The van der Waals surface area contributed by atoms with Gasteiger partial charge in [-0.2, -0.15) is 0 Å². The quantitative estimate of drug-likeness (QED) is 0.373. The van der Waals surface area contributed by atoms with Crippen molar-refractivity contribution in [3.8, 4) is 0 Å². The van der Waals surface area contributed by atoms with E-state index in [1.54, 1.807) is 0 Å². The number of rotatable bonds is 6. The first-order valence-electron chi connectivity index (χ1n) is 4.89. The Kier molecular flexibility index (Phi) is 7.50. The molecule has 0 saturated heterocycles. The van der Waals surface area contributed by atoms with Crippen LogP contribution in [0.25, 0.3) is 0 Å². The van der Waals surface area contributed by atoms with Gasteiger partial charge in [-0.1, -0.05) is 25.8 Å². The fourth-order valence-electron chi connectivity index (χ4n) is 0.902. The first-order valence-corrected chi connectivity index (χ1v) is 4.89. The summed E-state index contributed by atoms with van der Waals surface area (Å²) in [7, 11) is 0. The van der Waals surface area contributed by atoms with Crippen LogP contribution in [0, 0.1) is 0 Å². The minimum absolute atomic E-state index is 0.321. The second-order valence-corrected chi connectivity index (χ2v) is 2.96. The molecule has 0 heterocycles. The van der Waals surface area contributed by atoms with Crippen LogP contribution in [-0.2, 0) is 9.59 Å². The molecule has 0 unspecified atom stereocenters. The molecule has 0 fully saturated rings. The monoisotopic (exact) mass is 198 g/mol. The Hall–Kier alpha value is -1.32. The Bertz CT molecular complexity index is 202. The Labute approximate surface area is 84.8 Å². The number of nitrogens with one attached hydrogen (secondary N) is 2. The Morgan fingerprint density at radius 2 is 1.86 bits per heavy atom. The summed E-state index contributed by atoms with van der Waals surface area (Å²) in [5.74, 6) is -1.16. The number of carbonyl (C=O) groups excluding carboxylic acids is 2. The van der Waals surface area contributed by atoms with Gasteiger partial charge >= 0.3 is 11.8 Å². The van der Waals surface area contributed by atoms with E-state index in [4.69, 9.17) is 0 Å². The van der Waals surface area contributed by atoms with Crippen LogP contribution in [0.15, 0.2) is 12.7 Å². The zero-order valence-corrected chi connectivity index (χ0v) is 8.64. The molecule has 0 saturated carbocycles. The number of amides is 2. The minimum Gasteiger partial charge on any atom is -0.348 e. The summed E-state index contributed by atoms with van der Waals surface area (Å²) >= 11 is 0. The molecule has 4 nitrogen and oxygen atoms in total. The maximum Gasteiger partial charge on any atom is 0.309 e. The van der Waals surface area contributed by atoms with Crippen molar-refractivity contribution in [3.05, 3.63) is 12.7 Å². The lowest BCUT2D eigenvalue weighted by Gasteiger charge is -2.03. The van der Waals surface area contributed by atoms with E-state index in [-0.39, 0.29) is 0 Å². The Morgan fingerprint density at radius 3 is 2.43 bits per heavy atom. The lowest BCUT2D eigenvalue weighted by Crippen LogP contribution is -2.40.